The molecule has 0 aliphatic heterocycles. The van der Waals surface area contributed by atoms with Gasteiger partial charge in [0.2, 0.25) is 5.91 Å². The van der Waals surface area contributed by atoms with Crippen LogP contribution in [0.15, 0.2) is 22.7 Å². The Morgan fingerprint density at radius 2 is 1.95 bits per heavy atom. The van der Waals surface area contributed by atoms with Gasteiger partial charge in [-0.05, 0) is 65.7 Å². The minimum absolute atomic E-state index is 0.176. The molecule has 21 heavy (non-hydrogen) atoms. The van der Waals surface area contributed by atoms with Crippen molar-refractivity contribution in [3.05, 3.63) is 28.2 Å². The summed E-state index contributed by atoms with van der Waals surface area (Å²) in [5, 5.41) is 12.3. The highest BCUT2D eigenvalue weighted by molar-refractivity contribution is 9.10. The number of hydrogen-bond donors (Lipinski definition) is 3. The van der Waals surface area contributed by atoms with Gasteiger partial charge < -0.3 is 16.2 Å². The number of carboxylic acid groups (broad SMARTS) is 1. The molecule has 1 aromatic rings. The number of primary amides is 1. The Morgan fingerprint density at radius 1 is 1.29 bits per heavy atom. The fraction of sp³-hybridized carbons (Fsp3) is 0.467. The van der Waals surface area contributed by atoms with Crippen molar-refractivity contribution in [2.75, 3.05) is 11.9 Å². The summed E-state index contributed by atoms with van der Waals surface area (Å²) in [6.45, 7) is 0.814. The summed E-state index contributed by atoms with van der Waals surface area (Å²) in [6.07, 6.45) is 3.38. The number of anilines is 1. The van der Waals surface area contributed by atoms with E-state index in [1.165, 1.54) is 0 Å². The van der Waals surface area contributed by atoms with E-state index in [0.29, 0.717) is 16.0 Å². The third-order valence-corrected chi connectivity index (χ3v) is 4.68. The van der Waals surface area contributed by atoms with Crippen LogP contribution in [-0.2, 0) is 4.79 Å². The van der Waals surface area contributed by atoms with Gasteiger partial charge in [-0.15, -0.1) is 0 Å². The molecule has 1 aliphatic carbocycles. The summed E-state index contributed by atoms with van der Waals surface area (Å²) < 4.78 is 0.676. The lowest BCUT2D eigenvalue weighted by Crippen LogP contribution is -2.25. The van der Waals surface area contributed by atoms with E-state index in [1.54, 1.807) is 6.07 Å². The standard InChI is InChI=1S/C15H19BrN2O3/c16-13-7-11(5-6-12(13)14(17)19)18-8-9-1-3-10(4-2-9)15(20)21/h5-7,9-10,18H,1-4,8H2,(H2,17,19)(H,20,21). The van der Waals surface area contributed by atoms with Crippen LogP contribution in [0.5, 0.6) is 0 Å². The van der Waals surface area contributed by atoms with Crippen molar-refractivity contribution in [3.63, 3.8) is 0 Å². The molecule has 1 aromatic carbocycles. The molecule has 6 heteroatoms. The predicted molar refractivity (Wildman–Crippen MR) is 84.2 cm³/mol. The molecule has 1 fully saturated rings. The van der Waals surface area contributed by atoms with Crippen LogP contribution in [0.2, 0.25) is 0 Å². The number of carbonyl (C=O) groups is 2. The summed E-state index contributed by atoms with van der Waals surface area (Å²) in [6, 6.07) is 5.35. The SMILES string of the molecule is NC(=O)c1ccc(NCC2CCC(C(=O)O)CC2)cc1Br. The average Bonchev–Trinajstić information content (AvgIpc) is 2.45. The van der Waals surface area contributed by atoms with Gasteiger partial charge in [0.1, 0.15) is 0 Å². The lowest BCUT2D eigenvalue weighted by atomic mass is 9.82. The Balaban J connectivity index is 1.85. The first-order valence-corrected chi connectivity index (χ1v) is 7.82. The number of halogens is 1. The fourth-order valence-corrected chi connectivity index (χ4v) is 3.27. The third kappa shape index (κ3) is 4.20. The first kappa shape index (κ1) is 15.8. The first-order chi connectivity index (χ1) is 9.97. The van der Waals surface area contributed by atoms with Crippen molar-refractivity contribution in [1.82, 2.24) is 0 Å². The van der Waals surface area contributed by atoms with E-state index in [1.807, 2.05) is 12.1 Å². The van der Waals surface area contributed by atoms with Crippen LogP contribution in [0.4, 0.5) is 5.69 Å². The zero-order valence-corrected chi connectivity index (χ0v) is 13.2. The molecule has 0 heterocycles. The van der Waals surface area contributed by atoms with Crippen molar-refractivity contribution in [2.24, 2.45) is 17.6 Å². The summed E-state index contributed by atoms with van der Waals surface area (Å²) in [5.74, 6) is -0.812. The van der Waals surface area contributed by atoms with Gasteiger partial charge in [0.15, 0.2) is 0 Å². The van der Waals surface area contributed by atoms with Crippen molar-refractivity contribution >= 4 is 33.5 Å². The Labute approximate surface area is 132 Å². The number of nitrogens with one attached hydrogen (secondary N) is 1. The van der Waals surface area contributed by atoms with Crippen molar-refractivity contribution in [2.45, 2.75) is 25.7 Å². The van der Waals surface area contributed by atoms with Gasteiger partial charge in [0, 0.05) is 16.7 Å². The number of carboxylic acids is 1. The molecule has 1 amide bonds. The van der Waals surface area contributed by atoms with Crippen LogP contribution < -0.4 is 11.1 Å². The molecule has 0 saturated heterocycles. The summed E-state index contributed by atoms with van der Waals surface area (Å²) in [4.78, 5) is 22.1. The Morgan fingerprint density at radius 3 is 2.48 bits per heavy atom. The van der Waals surface area contributed by atoms with Crippen LogP contribution >= 0.6 is 15.9 Å². The number of aliphatic carboxylic acids is 1. The van der Waals surface area contributed by atoms with Crippen molar-refractivity contribution < 1.29 is 14.7 Å². The minimum atomic E-state index is -0.674. The molecule has 2 rings (SSSR count). The molecular formula is C15H19BrN2O3. The van der Waals surface area contributed by atoms with Gasteiger partial charge in [-0.25, -0.2) is 0 Å². The molecule has 0 spiro atoms. The molecule has 114 valence electrons. The average molecular weight is 355 g/mol. The molecule has 0 aromatic heterocycles. The molecule has 0 radical (unpaired) electrons. The van der Waals surface area contributed by atoms with E-state index in [-0.39, 0.29) is 5.92 Å². The maximum Gasteiger partial charge on any atom is 0.306 e. The van der Waals surface area contributed by atoms with E-state index in [9.17, 15) is 9.59 Å². The second-order valence-electron chi connectivity index (χ2n) is 5.50. The number of hydrogen-bond acceptors (Lipinski definition) is 3. The van der Waals surface area contributed by atoms with Gasteiger partial charge in [0.05, 0.1) is 11.5 Å². The highest BCUT2D eigenvalue weighted by Crippen LogP contribution is 2.29. The third-order valence-electron chi connectivity index (χ3n) is 4.03. The molecule has 0 unspecified atom stereocenters. The number of nitrogens with two attached hydrogens (primary N) is 1. The number of amides is 1. The fourth-order valence-electron chi connectivity index (χ4n) is 2.70. The monoisotopic (exact) mass is 354 g/mol. The highest BCUT2D eigenvalue weighted by Gasteiger charge is 2.25. The largest absolute Gasteiger partial charge is 0.481 e. The zero-order chi connectivity index (χ0) is 15.4. The first-order valence-electron chi connectivity index (χ1n) is 7.03. The lowest BCUT2D eigenvalue weighted by molar-refractivity contribution is -0.143. The summed E-state index contributed by atoms with van der Waals surface area (Å²) >= 11 is 3.33. The second kappa shape index (κ2) is 6.93. The molecule has 1 aliphatic rings. The Hall–Kier alpha value is -1.56. The number of carbonyl (C=O) groups excluding carboxylic acids is 1. The lowest BCUT2D eigenvalue weighted by Gasteiger charge is -2.26. The second-order valence-corrected chi connectivity index (χ2v) is 6.35. The summed E-state index contributed by atoms with van der Waals surface area (Å²) in [7, 11) is 0. The highest BCUT2D eigenvalue weighted by atomic mass is 79.9. The molecular weight excluding hydrogens is 336 g/mol. The van der Waals surface area contributed by atoms with Gasteiger partial charge in [-0.3, -0.25) is 9.59 Å². The van der Waals surface area contributed by atoms with Gasteiger partial charge in [-0.1, -0.05) is 0 Å². The molecule has 0 bridgehead atoms. The van der Waals surface area contributed by atoms with Crippen LogP contribution in [0.1, 0.15) is 36.0 Å². The maximum atomic E-state index is 11.1. The van der Waals surface area contributed by atoms with Gasteiger partial charge >= 0.3 is 5.97 Å². The zero-order valence-electron chi connectivity index (χ0n) is 11.6. The van der Waals surface area contributed by atoms with Crippen LogP contribution in [0.25, 0.3) is 0 Å². The molecule has 0 atom stereocenters. The summed E-state index contributed by atoms with van der Waals surface area (Å²) in [5.41, 5.74) is 6.64. The van der Waals surface area contributed by atoms with Crippen LogP contribution in [0.3, 0.4) is 0 Å². The topological polar surface area (TPSA) is 92.4 Å². The quantitative estimate of drug-likeness (QED) is 0.757. The number of benzene rings is 1. The molecule has 4 N–H and O–H groups in total. The Bertz CT molecular complexity index is 540. The van der Waals surface area contributed by atoms with E-state index < -0.39 is 11.9 Å². The van der Waals surface area contributed by atoms with E-state index in [0.717, 1.165) is 37.9 Å². The molecule has 1 saturated carbocycles. The van der Waals surface area contributed by atoms with E-state index in [2.05, 4.69) is 21.2 Å². The maximum absolute atomic E-state index is 11.1. The minimum Gasteiger partial charge on any atom is -0.481 e. The van der Waals surface area contributed by atoms with E-state index >= 15 is 0 Å². The Kier molecular flexibility index (Phi) is 5.22. The smallest absolute Gasteiger partial charge is 0.306 e. The van der Waals surface area contributed by atoms with E-state index in [4.69, 9.17) is 10.8 Å². The van der Waals surface area contributed by atoms with Crippen molar-refractivity contribution in [3.8, 4) is 0 Å². The van der Waals surface area contributed by atoms with Crippen LogP contribution in [-0.4, -0.2) is 23.5 Å². The van der Waals surface area contributed by atoms with Gasteiger partial charge in [-0.2, -0.15) is 0 Å². The van der Waals surface area contributed by atoms with Gasteiger partial charge in [0.25, 0.3) is 0 Å². The predicted octanol–water partition coefficient (Wildman–Crippen LogP) is 2.85. The number of rotatable bonds is 5. The molecule has 5 nitrogen and oxygen atoms in total. The van der Waals surface area contributed by atoms with Crippen molar-refractivity contribution in [1.29, 1.82) is 0 Å². The van der Waals surface area contributed by atoms with Crippen LogP contribution in [0, 0.1) is 11.8 Å². The normalized spacial score (nSPS) is 21.8.